The molecule has 0 aliphatic carbocycles. The van der Waals surface area contributed by atoms with Crippen LogP contribution >= 0.6 is 0 Å². The largest absolute Gasteiger partial charge is 0.475 e. The normalized spacial score (nSPS) is 11.1. The maximum absolute atomic E-state index is 11.5. The van der Waals surface area contributed by atoms with Gasteiger partial charge in [-0.2, -0.15) is 5.21 Å². The fraction of sp³-hybridized carbons (Fsp3) is 0.100. The number of benzene rings is 1. The number of hydrogen-bond donors (Lipinski definition) is 3. The van der Waals surface area contributed by atoms with Crippen molar-refractivity contribution in [3.05, 3.63) is 71.9 Å². The maximum atomic E-state index is 11.5. The highest BCUT2D eigenvalue weighted by Gasteiger charge is 2.16. The number of anilines is 1. The molecule has 0 spiro atoms. The third-order valence-electron chi connectivity index (χ3n) is 4.82. The molecule has 0 saturated carbocycles. The summed E-state index contributed by atoms with van der Waals surface area (Å²) in [6.45, 7) is 2.35. The summed E-state index contributed by atoms with van der Waals surface area (Å²) in [7, 11) is 0. The molecule has 0 aliphatic rings. The molecular weight excluding hydrogens is 398 g/mol. The molecule has 0 atom stereocenters. The number of carbonyl (C=O) groups is 1. The minimum atomic E-state index is -1.11. The number of fused-ring (bicyclic) bond motifs is 1. The van der Waals surface area contributed by atoms with Gasteiger partial charge < -0.3 is 15.0 Å². The number of carboxylic acids is 1. The molecule has 0 aliphatic heterocycles. The molecule has 0 bridgehead atoms. The molecular formula is C20H17N9O2. The molecule has 0 fully saturated rings. The highest BCUT2D eigenvalue weighted by atomic mass is 16.4. The number of tetrazole rings is 1. The zero-order chi connectivity index (χ0) is 21.4. The second-order valence-corrected chi connectivity index (χ2v) is 6.88. The number of rotatable bonds is 6. The Hall–Kier alpha value is -4.54. The molecule has 0 unspecified atom stereocenters. The zero-order valence-corrected chi connectivity index (χ0v) is 16.4. The summed E-state index contributed by atoms with van der Waals surface area (Å²) in [5, 5.41) is 26.9. The van der Waals surface area contributed by atoms with Crippen molar-refractivity contribution in [2.75, 3.05) is 5.32 Å². The highest BCUT2D eigenvalue weighted by molar-refractivity contribution is 5.85. The third kappa shape index (κ3) is 3.37. The van der Waals surface area contributed by atoms with E-state index in [0.717, 1.165) is 22.6 Å². The zero-order valence-electron chi connectivity index (χ0n) is 16.4. The van der Waals surface area contributed by atoms with Crippen molar-refractivity contribution in [2.45, 2.75) is 13.5 Å². The first-order valence-electron chi connectivity index (χ1n) is 9.43. The van der Waals surface area contributed by atoms with Crippen LogP contribution < -0.4 is 5.32 Å². The molecule has 11 heteroatoms. The Morgan fingerprint density at radius 2 is 2.06 bits per heavy atom. The summed E-state index contributed by atoms with van der Waals surface area (Å²) in [5.41, 5.74) is 4.06. The van der Waals surface area contributed by atoms with Gasteiger partial charge in [0.1, 0.15) is 5.82 Å². The number of aromatic carboxylic acids is 1. The van der Waals surface area contributed by atoms with Crippen molar-refractivity contribution in [1.29, 1.82) is 0 Å². The SMILES string of the molecule is Cc1cc(NCc2ccc(-n3cccc3-c3nn[nH]n3)cc2)n2c(C(=O)O)ncc2n1. The molecule has 11 nitrogen and oxygen atoms in total. The smallest absolute Gasteiger partial charge is 0.372 e. The summed E-state index contributed by atoms with van der Waals surface area (Å²) in [5.74, 6) is -0.0576. The van der Waals surface area contributed by atoms with Gasteiger partial charge in [-0.3, -0.25) is 4.40 Å². The van der Waals surface area contributed by atoms with Crippen LogP contribution in [0.5, 0.6) is 0 Å². The molecule has 3 N–H and O–H groups in total. The van der Waals surface area contributed by atoms with Crippen LogP contribution in [0.2, 0.25) is 0 Å². The van der Waals surface area contributed by atoms with E-state index in [0.29, 0.717) is 23.8 Å². The van der Waals surface area contributed by atoms with E-state index in [1.807, 2.05) is 54.1 Å². The van der Waals surface area contributed by atoms with E-state index < -0.39 is 5.97 Å². The number of nitrogens with one attached hydrogen (secondary N) is 2. The van der Waals surface area contributed by atoms with Crippen LogP contribution in [0, 0.1) is 6.92 Å². The first kappa shape index (κ1) is 18.5. The van der Waals surface area contributed by atoms with Crippen molar-refractivity contribution in [3.8, 4) is 17.2 Å². The molecule has 0 saturated heterocycles. The molecule has 0 amide bonds. The predicted octanol–water partition coefficient (Wildman–Crippen LogP) is 2.32. The second kappa shape index (κ2) is 7.37. The van der Waals surface area contributed by atoms with E-state index >= 15 is 0 Å². The van der Waals surface area contributed by atoms with E-state index in [-0.39, 0.29) is 5.82 Å². The van der Waals surface area contributed by atoms with Gasteiger partial charge in [0, 0.05) is 30.2 Å². The Balaban J connectivity index is 1.39. The number of aromatic amines is 1. The van der Waals surface area contributed by atoms with Crippen LogP contribution in [-0.4, -0.2) is 50.6 Å². The summed E-state index contributed by atoms with van der Waals surface area (Å²) in [4.78, 5) is 19.8. The number of hydrogen-bond acceptors (Lipinski definition) is 7. The monoisotopic (exact) mass is 415 g/mol. The van der Waals surface area contributed by atoms with E-state index in [4.69, 9.17) is 0 Å². The van der Waals surface area contributed by atoms with Gasteiger partial charge in [0.05, 0.1) is 11.9 Å². The number of carboxylic acid groups (broad SMARTS) is 1. The van der Waals surface area contributed by atoms with Crippen molar-refractivity contribution in [3.63, 3.8) is 0 Å². The minimum absolute atomic E-state index is 0.0815. The van der Waals surface area contributed by atoms with Gasteiger partial charge in [-0.15, -0.1) is 10.2 Å². The molecule has 154 valence electrons. The fourth-order valence-electron chi connectivity index (χ4n) is 3.44. The Labute approximate surface area is 175 Å². The van der Waals surface area contributed by atoms with Crippen molar-refractivity contribution in [2.24, 2.45) is 0 Å². The maximum Gasteiger partial charge on any atom is 0.372 e. The topological polar surface area (TPSA) is 139 Å². The third-order valence-corrected chi connectivity index (χ3v) is 4.82. The Morgan fingerprint density at radius 3 is 2.81 bits per heavy atom. The van der Waals surface area contributed by atoms with Crippen LogP contribution in [0.25, 0.3) is 22.9 Å². The fourth-order valence-corrected chi connectivity index (χ4v) is 3.44. The molecule has 1 aromatic carbocycles. The lowest BCUT2D eigenvalue weighted by molar-refractivity contribution is 0.0683. The number of H-pyrrole nitrogens is 1. The molecule has 0 radical (unpaired) electrons. The van der Waals surface area contributed by atoms with Gasteiger partial charge in [-0.05, 0) is 42.0 Å². The first-order valence-corrected chi connectivity index (χ1v) is 9.43. The van der Waals surface area contributed by atoms with E-state index in [1.165, 1.54) is 10.6 Å². The summed E-state index contributed by atoms with van der Waals surface area (Å²) in [6, 6.07) is 13.6. The molecule has 5 aromatic rings. The first-order chi connectivity index (χ1) is 15.1. The van der Waals surface area contributed by atoms with Gasteiger partial charge in [0.2, 0.25) is 11.6 Å². The van der Waals surface area contributed by atoms with Crippen LogP contribution in [0.15, 0.2) is 54.9 Å². The van der Waals surface area contributed by atoms with E-state index in [2.05, 4.69) is 35.9 Å². The van der Waals surface area contributed by atoms with Crippen molar-refractivity contribution in [1.82, 2.24) is 39.6 Å². The summed E-state index contributed by atoms with van der Waals surface area (Å²) < 4.78 is 3.48. The van der Waals surface area contributed by atoms with Gasteiger partial charge in [0.15, 0.2) is 5.65 Å². The lowest BCUT2D eigenvalue weighted by Crippen LogP contribution is -2.11. The molecule has 4 heterocycles. The van der Waals surface area contributed by atoms with Gasteiger partial charge in [-0.1, -0.05) is 12.1 Å². The van der Waals surface area contributed by atoms with E-state index in [9.17, 15) is 9.90 Å². The quantitative estimate of drug-likeness (QED) is 0.384. The van der Waals surface area contributed by atoms with Crippen LogP contribution in [0.3, 0.4) is 0 Å². The van der Waals surface area contributed by atoms with Crippen LogP contribution in [-0.2, 0) is 6.54 Å². The number of nitrogens with zero attached hydrogens (tertiary/aromatic N) is 7. The lowest BCUT2D eigenvalue weighted by Gasteiger charge is -2.12. The highest BCUT2D eigenvalue weighted by Crippen LogP contribution is 2.21. The number of aryl methyl sites for hydroxylation is 1. The van der Waals surface area contributed by atoms with Gasteiger partial charge in [-0.25, -0.2) is 14.8 Å². The standard InChI is InChI=1S/C20H17N9O2/c1-12-9-16(29-17(23-12)11-22-19(29)20(30)31)21-10-13-4-6-14(7-5-13)28-8-2-3-15(28)18-24-26-27-25-18/h2-9,11,21H,10H2,1H3,(H,30,31)(H,24,25,26,27). The average Bonchev–Trinajstić information content (AvgIpc) is 3.51. The second-order valence-electron chi connectivity index (χ2n) is 6.88. The average molecular weight is 415 g/mol. The predicted molar refractivity (Wildman–Crippen MR) is 111 cm³/mol. The van der Waals surface area contributed by atoms with Crippen molar-refractivity contribution >= 4 is 17.4 Å². The molecule has 4 aromatic heterocycles. The molecule has 5 rings (SSSR count). The van der Waals surface area contributed by atoms with Gasteiger partial charge in [0.25, 0.3) is 0 Å². The van der Waals surface area contributed by atoms with Crippen LogP contribution in [0.4, 0.5) is 5.82 Å². The Kier molecular flexibility index (Phi) is 4.40. The Bertz CT molecular complexity index is 1370. The minimum Gasteiger partial charge on any atom is -0.475 e. The van der Waals surface area contributed by atoms with E-state index in [1.54, 1.807) is 6.07 Å². The van der Waals surface area contributed by atoms with Crippen molar-refractivity contribution < 1.29 is 9.90 Å². The number of aromatic nitrogens is 8. The van der Waals surface area contributed by atoms with Crippen LogP contribution in [0.1, 0.15) is 21.9 Å². The summed E-state index contributed by atoms with van der Waals surface area (Å²) in [6.07, 6.45) is 3.39. The Morgan fingerprint density at radius 1 is 1.23 bits per heavy atom. The van der Waals surface area contributed by atoms with Gasteiger partial charge >= 0.3 is 5.97 Å². The summed E-state index contributed by atoms with van der Waals surface area (Å²) >= 11 is 0. The molecule has 31 heavy (non-hydrogen) atoms. The lowest BCUT2D eigenvalue weighted by atomic mass is 10.2. The number of imidazole rings is 1.